The lowest BCUT2D eigenvalue weighted by Crippen LogP contribution is -2.54. The second kappa shape index (κ2) is 10.0. The van der Waals surface area contributed by atoms with E-state index in [1.807, 2.05) is 36.4 Å². The number of rotatable bonds is 9. The first-order valence-electron chi connectivity index (χ1n) is 11.4. The molecule has 9 heteroatoms. The molecule has 0 fully saturated rings. The molecule has 0 spiro atoms. The molecule has 3 aromatic rings. The van der Waals surface area contributed by atoms with Crippen LogP contribution in [-0.2, 0) is 20.7 Å². The first-order valence-corrected chi connectivity index (χ1v) is 11.4. The summed E-state index contributed by atoms with van der Waals surface area (Å²) in [6, 6.07) is 15.1. The Kier molecular flexibility index (Phi) is 6.86. The molecule has 9 nitrogen and oxygen atoms in total. The first kappa shape index (κ1) is 24.0. The standard InChI is InChI=1S/C26H28N4O5/c1-26(2,12-23(31)32)30-24(33)22(11-16-13-27-15-28-16)29-25(34)35-14-21-19-9-5-3-7-17(19)18-8-4-6-10-20(18)21/h3-10,13,15,21-22H,11-12,14H2,1-2H3,(H,27,28)(H,29,34)(H,30,33)(H,31,32)/t22-/m0/s1. The Morgan fingerprint density at radius 2 is 1.71 bits per heavy atom. The SMILES string of the molecule is CC(C)(CC(=O)O)NC(=O)[C@H](Cc1cnc[nH]1)NC(=O)OCC1c2ccccc2-c2ccccc21. The summed E-state index contributed by atoms with van der Waals surface area (Å²) in [6.07, 6.45) is 2.18. The van der Waals surface area contributed by atoms with Crippen molar-refractivity contribution in [2.24, 2.45) is 0 Å². The van der Waals surface area contributed by atoms with Crippen molar-refractivity contribution in [1.82, 2.24) is 20.6 Å². The number of ether oxygens (including phenoxy) is 1. The molecule has 182 valence electrons. The number of aromatic nitrogens is 2. The zero-order chi connectivity index (χ0) is 25.0. The van der Waals surface area contributed by atoms with Crippen molar-refractivity contribution in [2.45, 2.75) is 44.2 Å². The number of carbonyl (C=O) groups is 3. The lowest BCUT2D eigenvalue weighted by molar-refractivity contribution is -0.138. The second-order valence-electron chi connectivity index (χ2n) is 9.25. The van der Waals surface area contributed by atoms with Gasteiger partial charge < -0.3 is 25.5 Å². The maximum absolute atomic E-state index is 13.0. The Morgan fingerprint density at radius 3 is 2.29 bits per heavy atom. The van der Waals surface area contributed by atoms with Gasteiger partial charge in [0.15, 0.2) is 0 Å². The van der Waals surface area contributed by atoms with Crippen molar-refractivity contribution in [2.75, 3.05) is 6.61 Å². The number of H-pyrrole nitrogens is 1. The minimum atomic E-state index is -1.04. The fourth-order valence-electron chi connectivity index (χ4n) is 4.45. The maximum atomic E-state index is 13.0. The van der Waals surface area contributed by atoms with Crippen molar-refractivity contribution >= 4 is 18.0 Å². The minimum Gasteiger partial charge on any atom is -0.481 e. The summed E-state index contributed by atoms with van der Waals surface area (Å²) in [5, 5.41) is 14.5. The summed E-state index contributed by atoms with van der Waals surface area (Å²) >= 11 is 0. The number of aromatic amines is 1. The molecule has 4 rings (SSSR count). The molecular formula is C26H28N4O5. The second-order valence-corrected chi connectivity index (χ2v) is 9.25. The Morgan fingerprint density at radius 1 is 1.09 bits per heavy atom. The van der Waals surface area contributed by atoms with Crippen LogP contribution in [0.2, 0.25) is 0 Å². The van der Waals surface area contributed by atoms with Crippen molar-refractivity contribution < 1.29 is 24.2 Å². The summed E-state index contributed by atoms with van der Waals surface area (Å²) in [5.74, 6) is -1.66. The fourth-order valence-corrected chi connectivity index (χ4v) is 4.45. The van der Waals surface area contributed by atoms with Crippen molar-refractivity contribution in [3.05, 3.63) is 77.9 Å². The molecule has 0 unspecified atom stereocenters. The molecule has 1 aromatic heterocycles. The van der Waals surface area contributed by atoms with Crippen LogP contribution >= 0.6 is 0 Å². The van der Waals surface area contributed by atoms with Gasteiger partial charge in [-0.25, -0.2) is 9.78 Å². The van der Waals surface area contributed by atoms with E-state index in [2.05, 4.69) is 32.7 Å². The van der Waals surface area contributed by atoms with Gasteiger partial charge in [-0.2, -0.15) is 0 Å². The normalized spacial score (nSPS) is 13.4. The zero-order valence-electron chi connectivity index (χ0n) is 19.6. The highest BCUT2D eigenvalue weighted by atomic mass is 16.5. The van der Waals surface area contributed by atoms with Gasteiger partial charge in [-0.15, -0.1) is 0 Å². The number of alkyl carbamates (subject to hydrolysis) is 1. The van der Waals surface area contributed by atoms with Crippen LogP contribution in [0.15, 0.2) is 61.1 Å². The van der Waals surface area contributed by atoms with Gasteiger partial charge >= 0.3 is 12.1 Å². The number of nitrogens with zero attached hydrogens (tertiary/aromatic N) is 1. The number of fused-ring (bicyclic) bond motifs is 3. The third kappa shape index (κ3) is 5.68. The number of imidazole rings is 1. The molecule has 0 saturated heterocycles. The number of hydrogen-bond donors (Lipinski definition) is 4. The van der Waals surface area contributed by atoms with Crippen molar-refractivity contribution in [3.8, 4) is 11.1 Å². The van der Waals surface area contributed by atoms with Gasteiger partial charge in [0.2, 0.25) is 5.91 Å². The van der Waals surface area contributed by atoms with Crippen LogP contribution in [0.1, 0.15) is 43.0 Å². The molecular weight excluding hydrogens is 448 g/mol. The maximum Gasteiger partial charge on any atom is 0.407 e. The van der Waals surface area contributed by atoms with Gasteiger partial charge in [0, 0.05) is 29.8 Å². The predicted molar refractivity (Wildman–Crippen MR) is 129 cm³/mol. The summed E-state index contributed by atoms with van der Waals surface area (Å²) < 4.78 is 5.58. The molecule has 35 heavy (non-hydrogen) atoms. The number of nitrogens with one attached hydrogen (secondary N) is 3. The third-order valence-corrected chi connectivity index (χ3v) is 5.99. The average molecular weight is 477 g/mol. The summed E-state index contributed by atoms with van der Waals surface area (Å²) in [4.78, 5) is 43.8. The Bertz CT molecular complexity index is 1180. The number of aliphatic carboxylic acids is 1. The quantitative estimate of drug-likeness (QED) is 0.375. The molecule has 4 N–H and O–H groups in total. The number of hydrogen-bond acceptors (Lipinski definition) is 5. The molecule has 0 saturated carbocycles. The summed E-state index contributed by atoms with van der Waals surface area (Å²) in [6.45, 7) is 3.34. The number of amides is 2. The predicted octanol–water partition coefficient (Wildman–Crippen LogP) is 3.23. The highest BCUT2D eigenvalue weighted by molar-refractivity contribution is 5.87. The van der Waals surface area contributed by atoms with Crippen LogP contribution in [0.5, 0.6) is 0 Å². The Balaban J connectivity index is 1.44. The molecule has 1 atom stereocenters. The number of benzene rings is 2. The largest absolute Gasteiger partial charge is 0.481 e. The highest BCUT2D eigenvalue weighted by Gasteiger charge is 2.32. The molecule has 2 amide bonds. The molecule has 0 aliphatic heterocycles. The summed E-state index contributed by atoms with van der Waals surface area (Å²) in [5.41, 5.74) is 4.05. The smallest absolute Gasteiger partial charge is 0.407 e. The van der Waals surface area contributed by atoms with Crippen LogP contribution in [0.25, 0.3) is 11.1 Å². The Hall–Kier alpha value is -4.14. The topological polar surface area (TPSA) is 133 Å². The van der Waals surface area contributed by atoms with Crippen molar-refractivity contribution in [1.29, 1.82) is 0 Å². The van der Waals surface area contributed by atoms with E-state index < -0.39 is 29.6 Å². The van der Waals surface area contributed by atoms with E-state index in [4.69, 9.17) is 9.84 Å². The van der Waals surface area contributed by atoms with Gasteiger partial charge in [-0.05, 0) is 36.1 Å². The summed E-state index contributed by atoms with van der Waals surface area (Å²) in [7, 11) is 0. The first-order chi connectivity index (χ1) is 16.7. The lowest BCUT2D eigenvalue weighted by atomic mass is 9.98. The number of carboxylic acids is 1. The molecule has 1 heterocycles. The van der Waals surface area contributed by atoms with Gasteiger partial charge in [0.1, 0.15) is 12.6 Å². The fraction of sp³-hybridized carbons (Fsp3) is 0.308. The van der Waals surface area contributed by atoms with Crippen LogP contribution in [0.4, 0.5) is 4.79 Å². The van der Waals surface area contributed by atoms with Gasteiger partial charge in [0.25, 0.3) is 0 Å². The van der Waals surface area contributed by atoms with Gasteiger partial charge in [0.05, 0.1) is 12.7 Å². The Labute approximate surface area is 202 Å². The van der Waals surface area contributed by atoms with Crippen LogP contribution in [-0.4, -0.2) is 51.2 Å². The molecule has 1 aliphatic carbocycles. The van der Waals surface area contributed by atoms with E-state index in [1.165, 1.54) is 6.33 Å². The zero-order valence-corrected chi connectivity index (χ0v) is 19.6. The minimum absolute atomic E-state index is 0.109. The highest BCUT2D eigenvalue weighted by Crippen LogP contribution is 2.44. The van der Waals surface area contributed by atoms with E-state index in [0.717, 1.165) is 22.3 Å². The van der Waals surface area contributed by atoms with E-state index in [0.29, 0.717) is 5.69 Å². The van der Waals surface area contributed by atoms with Crippen LogP contribution < -0.4 is 10.6 Å². The van der Waals surface area contributed by atoms with E-state index in [1.54, 1.807) is 20.0 Å². The van der Waals surface area contributed by atoms with E-state index in [-0.39, 0.29) is 25.4 Å². The molecule has 0 bridgehead atoms. The molecule has 1 aliphatic rings. The molecule has 0 radical (unpaired) electrons. The van der Waals surface area contributed by atoms with E-state index >= 15 is 0 Å². The van der Waals surface area contributed by atoms with E-state index in [9.17, 15) is 14.4 Å². The average Bonchev–Trinajstić information content (AvgIpc) is 3.42. The van der Waals surface area contributed by atoms with Gasteiger partial charge in [-0.3, -0.25) is 9.59 Å². The van der Waals surface area contributed by atoms with Crippen LogP contribution in [0.3, 0.4) is 0 Å². The van der Waals surface area contributed by atoms with Gasteiger partial charge in [-0.1, -0.05) is 48.5 Å². The monoisotopic (exact) mass is 476 g/mol. The van der Waals surface area contributed by atoms with Crippen molar-refractivity contribution in [3.63, 3.8) is 0 Å². The number of carbonyl (C=O) groups excluding carboxylic acids is 2. The number of carboxylic acid groups (broad SMARTS) is 1. The third-order valence-electron chi connectivity index (χ3n) is 5.99. The molecule has 2 aromatic carbocycles. The lowest BCUT2D eigenvalue weighted by Gasteiger charge is -2.27. The van der Waals surface area contributed by atoms with Crippen LogP contribution in [0, 0.1) is 0 Å².